The number of rotatable bonds is 6. The van der Waals surface area contributed by atoms with Gasteiger partial charge >= 0.3 is 5.97 Å². The van der Waals surface area contributed by atoms with Gasteiger partial charge in [-0.05, 0) is 25.3 Å². The standard InChI is InChI=1S/C14H16N2O5/c17-14(9-1-2-9)21-10-3-4-13(16(18)19)12(7-10)15-8-11-5-6-20-11/h3-4,7,9,11,15H,1-2,5-6,8H2. The lowest BCUT2D eigenvalue weighted by Crippen LogP contribution is -2.33. The van der Waals surface area contributed by atoms with E-state index >= 15 is 0 Å². The van der Waals surface area contributed by atoms with E-state index in [1.807, 2.05) is 0 Å². The van der Waals surface area contributed by atoms with Crippen LogP contribution in [0.1, 0.15) is 19.3 Å². The molecule has 1 unspecified atom stereocenters. The molecule has 1 aliphatic carbocycles. The number of benzene rings is 1. The summed E-state index contributed by atoms with van der Waals surface area (Å²) in [6.45, 7) is 1.23. The third-order valence-corrected chi connectivity index (χ3v) is 3.61. The minimum atomic E-state index is -0.462. The van der Waals surface area contributed by atoms with E-state index < -0.39 is 4.92 Å². The van der Waals surface area contributed by atoms with Gasteiger partial charge in [-0.25, -0.2) is 0 Å². The van der Waals surface area contributed by atoms with Crippen molar-refractivity contribution in [3.63, 3.8) is 0 Å². The summed E-state index contributed by atoms with van der Waals surface area (Å²) in [7, 11) is 0. The van der Waals surface area contributed by atoms with Crippen molar-refractivity contribution >= 4 is 17.3 Å². The number of ether oxygens (including phenoxy) is 2. The fourth-order valence-electron chi connectivity index (χ4n) is 2.07. The third-order valence-electron chi connectivity index (χ3n) is 3.61. The second kappa shape index (κ2) is 5.69. The number of nitro groups is 1. The summed E-state index contributed by atoms with van der Waals surface area (Å²) in [5, 5.41) is 14.0. The van der Waals surface area contributed by atoms with E-state index in [9.17, 15) is 14.9 Å². The molecule has 1 aliphatic heterocycles. The molecule has 0 bridgehead atoms. The number of esters is 1. The topological polar surface area (TPSA) is 90.7 Å². The van der Waals surface area contributed by atoms with E-state index in [1.54, 1.807) is 0 Å². The largest absolute Gasteiger partial charge is 0.426 e. The molecular weight excluding hydrogens is 276 g/mol. The van der Waals surface area contributed by atoms with E-state index in [-0.39, 0.29) is 23.7 Å². The van der Waals surface area contributed by atoms with Gasteiger partial charge in [-0.2, -0.15) is 0 Å². The van der Waals surface area contributed by atoms with E-state index in [4.69, 9.17) is 9.47 Å². The lowest BCUT2D eigenvalue weighted by molar-refractivity contribution is -0.384. The molecule has 1 heterocycles. The highest BCUT2D eigenvalue weighted by Crippen LogP contribution is 2.33. The summed E-state index contributed by atoms with van der Waals surface area (Å²) in [5.41, 5.74) is 0.303. The number of anilines is 1. The van der Waals surface area contributed by atoms with Crippen molar-refractivity contribution in [3.8, 4) is 5.75 Å². The van der Waals surface area contributed by atoms with Gasteiger partial charge in [-0.3, -0.25) is 14.9 Å². The maximum absolute atomic E-state index is 11.6. The molecule has 3 rings (SSSR count). The normalized spacial score (nSPS) is 20.5. The monoisotopic (exact) mass is 292 g/mol. The Kier molecular flexibility index (Phi) is 3.74. The number of nitrogens with one attached hydrogen (secondary N) is 1. The van der Waals surface area contributed by atoms with Crippen LogP contribution in [0.4, 0.5) is 11.4 Å². The first-order valence-corrected chi connectivity index (χ1v) is 6.99. The smallest absolute Gasteiger partial charge is 0.314 e. The van der Waals surface area contributed by atoms with Gasteiger partial charge in [0.2, 0.25) is 0 Å². The van der Waals surface area contributed by atoms with E-state index in [1.165, 1.54) is 18.2 Å². The predicted octanol–water partition coefficient (Wildman–Crippen LogP) is 2.11. The van der Waals surface area contributed by atoms with Crippen LogP contribution in [-0.4, -0.2) is 30.1 Å². The number of hydrogen-bond donors (Lipinski definition) is 1. The summed E-state index contributed by atoms with van der Waals surface area (Å²) < 4.78 is 10.5. The zero-order chi connectivity index (χ0) is 14.8. The molecule has 7 nitrogen and oxygen atoms in total. The summed E-state index contributed by atoms with van der Waals surface area (Å²) >= 11 is 0. The molecule has 7 heteroatoms. The molecule has 1 N–H and O–H groups in total. The lowest BCUT2D eigenvalue weighted by Gasteiger charge is -2.26. The first-order chi connectivity index (χ1) is 10.1. The first kappa shape index (κ1) is 13.8. The Morgan fingerprint density at radius 3 is 2.76 bits per heavy atom. The zero-order valence-corrected chi connectivity index (χ0v) is 11.4. The number of nitro benzene ring substituents is 1. The molecule has 1 atom stereocenters. The maximum Gasteiger partial charge on any atom is 0.314 e. The zero-order valence-electron chi connectivity index (χ0n) is 11.4. The van der Waals surface area contributed by atoms with Gasteiger partial charge in [-0.1, -0.05) is 0 Å². The van der Waals surface area contributed by atoms with Gasteiger partial charge in [0.25, 0.3) is 5.69 Å². The lowest BCUT2D eigenvalue weighted by atomic mass is 10.2. The number of hydrogen-bond acceptors (Lipinski definition) is 6. The number of carbonyl (C=O) groups excluding carboxylic acids is 1. The van der Waals surface area contributed by atoms with Gasteiger partial charge < -0.3 is 14.8 Å². The number of carbonyl (C=O) groups is 1. The van der Waals surface area contributed by atoms with Crippen molar-refractivity contribution < 1.29 is 19.2 Å². The summed E-state index contributed by atoms with van der Waals surface area (Å²) in [6.07, 6.45) is 2.74. The van der Waals surface area contributed by atoms with E-state index in [0.717, 1.165) is 25.9 Å². The van der Waals surface area contributed by atoms with Crippen LogP contribution >= 0.6 is 0 Å². The van der Waals surface area contributed by atoms with Crippen LogP contribution in [0.5, 0.6) is 5.75 Å². The van der Waals surface area contributed by atoms with Crippen LogP contribution in [0.25, 0.3) is 0 Å². The second-order valence-corrected chi connectivity index (χ2v) is 5.29. The number of nitrogens with zero attached hydrogens (tertiary/aromatic N) is 1. The highest BCUT2D eigenvalue weighted by Gasteiger charge is 2.32. The average Bonchev–Trinajstić information content (AvgIpc) is 3.21. The molecule has 112 valence electrons. The molecular formula is C14H16N2O5. The van der Waals surface area contributed by atoms with Crippen LogP contribution in [0.2, 0.25) is 0 Å². The molecule has 21 heavy (non-hydrogen) atoms. The molecule has 1 saturated carbocycles. The predicted molar refractivity (Wildman–Crippen MR) is 74.3 cm³/mol. The molecule has 0 spiro atoms. The van der Waals surface area contributed by atoms with Crippen LogP contribution < -0.4 is 10.1 Å². The Labute approximate surface area is 121 Å². The molecule has 1 aromatic rings. The second-order valence-electron chi connectivity index (χ2n) is 5.29. The van der Waals surface area contributed by atoms with Crippen molar-refractivity contribution in [3.05, 3.63) is 28.3 Å². The Morgan fingerprint density at radius 2 is 2.19 bits per heavy atom. The maximum atomic E-state index is 11.6. The Morgan fingerprint density at radius 1 is 1.43 bits per heavy atom. The van der Waals surface area contributed by atoms with Crippen molar-refractivity contribution in [2.45, 2.75) is 25.4 Å². The van der Waals surface area contributed by atoms with Crippen LogP contribution in [-0.2, 0) is 9.53 Å². The minimum Gasteiger partial charge on any atom is -0.426 e. The Bertz CT molecular complexity index is 566. The van der Waals surface area contributed by atoms with Gasteiger partial charge in [0.1, 0.15) is 11.4 Å². The fraction of sp³-hybridized carbons (Fsp3) is 0.500. The van der Waals surface area contributed by atoms with Crippen molar-refractivity contribution in [2.24, 2.45) is 5.92 Å². The van der Waals surface area contributed by atoms with Crippen molar-refractivity contribution in [1.29, 1.82) is 0 Å². The van der Waals surface area contributed by atoms with Crippen molar-refractivity contribution in [2.75, 3.05) is 18.5 Å². The summed E-state index contributed by atoms with van der Waals surface area (Å²) in [6, 6.07) is 4.29. The van der Waals surface area contributed by atoms with Gasteiger partial charge in [0.05, 0.1) is 16.9 Å². The molecule has 2 fully saturated rings. The summed E-state index contributed by atoms with van der Waals surface area (Å²) in [4.78, 5) is 22.2. The SMILES string of the molecule is O=C(Oc1ccc([N+](=O)[O-])c(NCC2CCO2)c1)C1CC1. The highest BCUT2D eigenvalue weighted by atomic mass is 16.6. The van der Waals surface area contributed by atoms with Gasteiger partial charge in [0.15, 0.2) is 0 Å². The Hall–Kier alpha value is -2.15. The summed E-state index contributed by atoms with van der Waals surface area (Å²) in [5.74, 6) is 0.0478. The molecule has 0 radical (unpaired) electrons. The quantitative estimate of drug-likeness (QED) is 0.374. The van der Waals surface area contributed by atoms with E-state index in [0.29, 0.717) is 18.0 Å². The van der Waals surface area contributed by atoms with Crippen molar-refractivity contribution in [1.82, 2.24) is 0 Å². The average molecular weight is 292 g/mol. The third kappa shape index (κ3) is 3.30. The van der Waals surface area contributed by atoms with Gasteiger partial charge in [-0.15, -0.1) is 0 Å². The molecule has 2 aliphatic rings. The van der Waals surface area contributed by atoms with E-state index in [2.05, 4.69) is 5.32 Å². The van der Waals surface area contributed by atoms with Crippen LogP contribution in [0.3, 0.4) is 0 Å². The molecule has 0 aromatic heterocycles. The van der Waals surface area contributed by atoms with Gasteiger partial charge in [0, 0.05) is 25.3 Å². The minimum absolute atomic E-state index is 0.0139. The molecule has 1 aromatic carbocycles. The van der Waals surface area contributed by atoms with Crippen LogP contribution in [0.15, 0.2) is 18.2 Å². The molecule has 1 saturated heterocycles. The first-order valence-electron chi connectivity index (χ1n) is 6.99. The van der Waals surface area contributed by atoms with Crippen LogP contribution in [0, 0.1) is 16.0 Å². The Balaban J connectivity index is 1.72. The highest BCUT2D eigenvalue weighted by molar-refractivity contribution is 5.78. The molecule has 0 amide bonds. The fourth-order valence-corrected chi connectivity index (χ4v) is 2.07.